The molecular weight excluding hydrogens is 472 g/mol. The summed E-state index contributed by atoms with van der Waals surface area (Å²) in [6.07, 6.45) is -15.3. The van der Waals surface area contributed by atoms with Crippen LogP contribution in [0.4, 0.5) is 8.78 Å². The lowest BCUT2D eigenvalue weighted by Gasteiger charge is -2.40. The first kappa shape index (κ1) is 14.2. The molecule has 2 aromatic rings. The van der Waals surface area contributed by atoms with Gasteiger partial charge in [-0.15, -0.1) is 10.2 Å². The van der Waals surface area contributed by atoms with Gasteiger partial charge in [0.25, 0.3) is 0 Å². The Morgan fingerprint density at radius 1 is 1.19 bits per heavy atom. The van der Waals surface area contributed by atoms with Gasteiger partial charge in [0, 0.05) is 68.4 Å². The lowest BCUT2D eigenvalue weighted by atomic mass is 9.86. The maximum absolute atomic E-state index is 15.0. The first-order chi connectivity index (χ1) is 23.0. The number of alkyl halides is 2. The second-order valence-corrected chi connectivity index (χ2v) is 10.0. The predicted molar refractivity (Wildman–Crippen MR) is 139 cm³/mol. The first-order valence-corrected chi connectivity index (χ1v) is 12.5. The number of piperidine rings is 1. The summed E-state index contributed by atoms with van der Waals surface area (Å²) in [5, 5.41) is 10.3. The number of aromatic nitrogens is 3. The third-order valence-electron chi connectivity index (χ3n) is 7.22. The van der Waals surface area contributed by atoms with Gasteiger partial charge in [0.2, 0.25) is 11.8 Å². The molecule has 202 valence electrons. The van der Waals surface area contributed by atoms with Gasteiger partial charge in [0.15, 0.2) is 0 Å². The summed E-state index contributed by atoms with van der Waals surface area (Å²) in [6.45, 7) is -1.71. The highest BCUT2D eigenvalue weighted by atomic mass is 19.3. The fourth-order valence-electron chi connectivity index (χ4n) is 5.51. The van der Waals surface area contributed by atoms with Crippen LogP contribution in [0.25, 0.3) is 0 Å². The quantitative estimate of drug-likeness (QED) is 0.461. The van der Waals surface area contributed by atoms with Crippen LogP contribution in [0.3, 0.4) is 0 Å². The highest BCUT2D eigenvalue weighted by molar-refractivity contribution is 5.79. The van der Waals surface area contributed by atoms with E-state index >= 15 is 8.78 Å². The van der Waals surface area contributed by atoms with Crippen molar-refractivity contribution in [2.75, 3.05) is 6.50 Å². The zero-order valence-corrected chi connectivity index (χ0v) is 20.8. The van der Waals surface area contributed by atoms with Crippen molar-refractivity contribution in [2.45, 2.75) is 114 Å². The van der Waals surface area contributed by atoms with Gasteiger partial charge in [-0.3, -0.25) is 9.69 Å². The Labute approximate surface area is 238 Å². The number of carbonyl (C=O) groups excluding carboxylic acids is 1. The van der Waals surface area contributed by atoms with Crippen LogP contribution in [0.2, 0.25) is 0 Å². The average Bonchev–Trinajstić information content (AvgIpc) is 3.56. The van der Waals surface area contributed by atoms with E-state index in [4.69, 9.17) is 16.4 Å². The van der Waals surface area contributed by atoms with Crippen LogP contribution in [0.1, 0.15) is 126 Å². The second-order valence-electron chi connectivity index (χ2n) is 10.0. The molecule has 2 aliphatic heterocycles. The molecule has 3 unspecified atom stereocenters. The van der Waals surface area contributed by atoms with Gasteiger partial charge < -0.3 is 9.88 Å². The topological polar surface area (TPSA) is 63.1 Å². The van der Waals surface area contributed by atoms with E-state index < -0.39 is 93.1 Å². The predicted octanol–water partition coefficient (Wildman–Crippen LogP) is 5.95. The Bertz CT molecular complexity index is 1550. The molecule has 1 amide bonds. The summed E-state index contributed by atoms with van der Waals surface area (Å²) >= 11 is 0. The molecule has 0 radical (unpaired) electrons. The summed E-state index contributed by atoms with van der Waals surface area (Å²) in [5.74, 6) is -11.1. The molecule has 6 nitrogen and oxygen atoms in total. The van der Waals surface area contributed by atoms with Crippen molar-refractivity contribution in [3.8, 4) is 0 Å². The number of nitrogens with one attached hydrogen (secondary N) is 1. The standard InChI is InChI=1S/C29H41F2N5O/c1-19(2)27-34-33-20(3)36(27)25-17-23-9-10-24(18-25)35(23)16-13-26(21-7-5-4-6-8-21)32-28(37)22-11-14-29(30,31)15-12-22/h4-8,19,22-26H,9-18H2,1-3H3,(H,32,37)/i3D3,11D2,12D2,14D2,15D2,16D2,19D. The van der Waals surface area contributed by atoms with Crippen molar-refractivity contribution in [3.63, 3.8) is 0 Å². The molecule has 1 aromatic carbocycles. The number of fused-ring (bicyclic) bond motifs is 2. The van der Waals surface area contributed by atoms with E-state index in [-0.39, 0.29) is 24.5 Å². The van der Waals surface area contributed by atoms with Gasteiger partial charge in [0.05, 0.1) is 6.04 Å². The minimum atomic E-state index is -5.17. The number of aryl methyl sites for hydroxylation is 1. The van der Waals surface area contributed by atoms with Crippen molar-refractivity contribution in [1.82, 2.24) is 25.0 Å². The molecule has 3 fully saturated rings. The van der Waals surface area contributed by atoms with Gasteiger partial charge in [-0.1, -0.05) is 44.2 Å². The Kier molecular flexibility index (Phi) is 4.13. The smallest absolute Gasteiger partial charge is 0.248 e. The molecular formula is C29H41F2N5O. The molecule has 3 atom stereocenters. The average molecular weight is 528 g/mol. The maximum Gasteiger partial charge on any atom is 0.248 e. The summed E-state index contributed by atoms with van der Waals surface area (Å²) in [6, 6.07) is 5.15. The Morgan fingerprint density at radius 3 is 2.49 bits per heavy atom. The lowest BCUT2D eigenvalue weighted by molar-refractivity contribution is -0.130. The third-order valence-corrected chi connectivity index (χ3v) is 7.22. The van der Waals surface area contributed by atoms with E-state index in [1.54, 1.807) is 36.9 Å². The van der Waals surface area contributed by atoms with Crippen molar-refractivity contribution in [1.29, 1.82) is 0 Å². The van der Waals surface area contributed by atoms with Crippen molar-refractivity contribution in [2.24, 2.45) is 5.92 Å². The lowest BCUT2D eigenvalue weighted by Crippen LogP contribution is -2.45. The van der Waals surface area contributed by atoms with Crippen molar-refractivity contribution in [3.05, 3.63) is 47.5 Å². The molecule has 2 saturated heterocycles. The van der Waals surface area contributed by atoms with E-state index in [2.05, 4.69) is 15.5 Å². The van der Waals surface area contributed by atoms with Crippen LogP contribution in [0, 0.1) is 12.8 Å². The molecule has 1 aromatic heterocycles. The molecule has 1 saturated carbocycles. The minimum Gasteiger partial charge on any atom is -0.349 e. The number of amides is 1. The number of halogens is 2. The number of nitrogens with zero attached hydrogens (tertiary/aromatic N) is 4. The third kappa shape index (κ3) is 5.74. The van der Waals surface area contributed by atoms with Crippen molar-refractivity contribution < 1.29 is 32.8 Å². The van der Waals surface area contributed by atoms with E-state index in [0.29, 0.717) is 18.4 Å². The molecule has 3 heterocycles. The van der Waals surface area contributed by atoms with Crippen LogP contribution in [0.15, 0.2) is 30.3 Å². The van der Waals surface area contributed by atoms with Crippen LogP contribution >= 0.6 is 0 Å². The monoisotopic (exact) mass is 527 g/mol. The summed E-state index contributed by atoms with van der Waals surface area (Å²) in [7, 11) is 0. The second kappa shape index (κ2) is 10.8. The van der Waals surface area contributed by atoms with E-state index in [1.807, 2.05) is 0 Å². The van der Waals surface area contributed by atoms with Gasteiger partial charge in [0.1, 0.15) is 11.6 Å². The number of benzene rings is 1. The van der Waals surface area contributed by atoms with Gasteiger partial charge in [-0.2, -0.15) is 0 Å². The van der Waals surface area contributed by atoms with Gasteiger partial charge in [-0.05, 0) is 57.3 Å². The molecule has 0 spiro atoms. The minimum absolute atomic E-state index is 0.162. The SMILES string of the molecule is [2H]C([2H])([2H])c1nnc(C([2H])(C)C)n1C1CC2CCC(C1)N2C([2H])([2H])CC(NC(=O)C1C([2H])([2H])C([2H])([2H])C(F)(F)C([2H])([2H])C1([2H])[2H])c1ccccc1. The van der Waals surface area contributed by atoms with Gasteiger partial charge >= 0.3 is 0 Å². The van der Waals surface area contributed by atoms with Crippen LogP contribution in [-0.4, -0.2) is 50.1 Å². The number of hydrogen-bond donors (Lipinski definition) is 1. The van der Waals surface area contributed by atoms with Crippen molar-refractivity contribution >= 4 is 5.91 Å². The zero-order chi connectivity index (χ0) is 38.5. The first-order valence-electron chi connectivity index (χ1n) is 19.5. The van der Waals surface area contributed by atoms with E-state index in [1.165, 1.54) is 16.7 Å². The van der Waals surface area contributed by atoms with Gasteiger partial charge in [-0.25, -0.2) is 8.78 Å². The number of hydrogen-bond acceptors (Lipinski definition) is 4. The Balaban J connectivity index is 1.46. The number of rotatable bonds is 8. The molecule has 8 heteroatoms. The Hall–Kier alpha value is -2.35. The molecule has 2 bridgehead atoms. The van der Waals surface area contributed by atoms with E-state index in [9.17, 15) is 7.54 Å². The normalized spacial score (nSPS) is 39.0. The maximum atomic E-state index is 15.0. The van der Waals surface area contributed by atoms with Crippen LogP contribution in [0.5, 0.6) is 0 Å². The highest BCUT2D eigenvalue weighted by Crippen LogP contribution is 2.42. The molecule has 37 heavy (non-hydrogen) atoms. The molecule has 3 aliphatic rings. The van der Waals surface area contributed by atoms with E-state index in [0.717, 1.165) is 0 Å². The Morgan fingerprint density at radius 2 is 1.86 bits per heavy atom. The number of carbonyl (C=O) groups is 1. The van der Waals surface area contributed by atoms with Crippen LogP contribution < -0.4 is 5.32 Å². The molecule has 5 rings (SSSR count). The fraction of sp³-hybridized carbons (Fsp3) is 0.690. The zero-order valence-electron chi connectivity index (χ0n) is 34.8. The molecule has 1 aliphatic carbocycles. The van der Waals surface area contributed by atoms with Crippen LogP contribution in [-0.2, 0) is 4.79 Å². The molecule has 1 N–H and O–H groups in total. The largest absolute Gasteiger partial charge is 0.349 e. The summed E-state index contributed by atoms with van der Waals surface area (Å²) in [4.78, 5) is 15.5. The summed E-state index contributed by atoms with van der Waals surface area (Å²) in [5.41, 5.74) is 0.291. The fourth-order valence-corrected chi connectivity index (χ4v) is 5.51. The highest BCUT2D eigenvalue weighted by Gasteiger charge is 2.42. The summed E-state index contributed by atoms with van der Waals surface area (Å²) < 4.78 is 147.